The Balaban J connectivity index is 0.00000264. The predicted octanol–water partition coefficient (Wildman–Crippen LogP) is 2.12. The molecular formula is C16H25ClN4O2. The van der Waals surface area contributed by atoms with E-state index in [0.29, 0.717) is 11.3 Å². The quantitative estimate of drug-likeness (QED) is 0.677. The Hall–Kier alpha value is -1.79. The van der Waals surface area contributed by atoms with Crippen LogP contribution in [0.3, 0.4) is 0 Å². The number of carbonyl (C=O) groups excluding carboxylic acids is 2. The lowest BCUT2D eigenvalue weighted by Crippen LogP contribution is -2.42. The van der Waals surface area contributed by atoms with Gasteiger partial charge in [0.15, 0.2) is 0 Å². The Morgan fingerprint density at radius 2 is 1.91 bits per heavy atom. The summed E-state index contributed by atoms with van der Waals surface area (Å²) in [5, 5.41) is 11.8. The van der Waals surface area contributed by atoms with Gasteiger partial charge in [-0.2, -0.15) is 0 Å². The molecule has 1 heterocycles. The van der Waals surface area contributed by atoms with Crippen LogP contribution in [0.15, 0.2) is 24.3 Å². The summed E-state index contributed by atoms with van der Waals surface area (Å²) in [5.74, 6) is -0.0974. The van der Waals surface area contributed by atoms with Crippen molar-refractivity contribution in [2.45, 2.75) is 38.8 Å². The number of rotatable bonds is 4. The van der Waals surface area contributed by atoms with Crippen LogP contribution >= 0.6 is 12.4 Å². The van der Waals surface area contributed by atoms with Gasteiger partial charge in [0.25, 0.3) is 5.91 Å². The average Bonchev–Trinajstić information content (AvgIpc) is 2.47. The molecule has 6 nitrogen and oxygen atoms in total. The van der Waals surface area contributed by atoms with Gasteiger partial charge in [-0.25, -0.2) is 4.79 Å². The van der Waals surface area contributed by atoms with Crippen LogP contribution in [-0.4, -0.2) is 37.1 Å². The van der Waals surface area contributed by atoms with Crippen LogP contribution in [0.5, 0.6) is 0 Å². The highest BCUT2D eigenvalue weighted by molar-refractivity contribution is 5.97. The molecule has 1 aromatic carbocycles. The third-order valence-corrected chi connectivity index (χ3v) is 3.48. The lowest BCUT2D eigenvalue weighted by Gasteiger charge is -2.23. The van der Waals surface area contributed by atoms with Crippen molar-refractivity contribution in [1.82, 2.24) is 16.0 Å². The smallest absolute Gasteiger partial charge is 0.319 e. The van der Waals surface area contributed by atoms with Gasteiger partial charge in [-0.15, -0.1) is 12.4 Å². The van der Waals surface area contributed by atoms with E-state index in [2.05, 4.69) is 21.3 Å². The van der Waals surface area contributed by atoms with Crippen LogP contribution < -0.4 is 21.3 Å². The molecule has 0 saturated carbocycles. The number of hydrogen-bond donors (Lipinski definition) is 4. The lowest BCUT2D eigenvalue weighted by atomic mass is 10.1. The zero-order chi connectivity index (χ0) is 15.9. The van der Waals surface area contributed by atoms with Gasteiger partial charge in [-0.3, -0.25) is 4.79 Å². The molecule has 0 atom stereocenters. The molecule has 7 heteroatoms. The first-order chi connectivity index (χ1) is 10.5. The summed E-state index contributed by atoms with van der Waals surface area (Å²) < 4.78 is 0. The van der Waals surface area contributed by atoms with Crippen LogP contribution in [0.4, 0.5) is 10.5 Å². The second-order valence-electron chi connectivity index (χ2n) is 5.83. The maximum Gasteiger partial charge on any atom is 0.319 e. The van der Waals surface area contributed by atoms with Crippen molar-refractivity contribution < 1.29 is 9.59 Å². The number of hydrogen-bond acceptors (Lipinski definition) is 3. The highest BCUT2D eigenvalue weighted by Crippen LogP contribution is 2.12. The van der Waals surface area contributed by atoms with Crippen molar-refractivity contribution in [3.05, 3.63) is 29.8 Å². The molecule has 3 amide bonds. The first-order valence-electron chi connectivity index (χ1n) is 7.74. The van der Waals surface area contributed by atoms with Crippen LogP contribution in [-0.2, 0) is 0 Å². The molecule has 1 aliphatic rings. The van der Waals surface area contributed by atoms with E-state index >= 15 is 0 Å². The number of urea groups is 1. The van der Waals surface area contributed by atoms with Gasteiger partial charge < -0.3 is 21.3 Å². The van der Waals surface area contributed by atoms with Gasteiger partial charge in [0.1, 0.15) is 0 Å². The van der Waals surface area contributed by atoms with Crippen molar-refractivity contribution in [2.75, 3.05) is 18.4 Å². The fourth-order valence-corrected chi connectivity index (χ4v) is 2.40. The minimum Gasteiger partial charge on any atom is -0.349 e. The number of piperidine rings is 1. The first-order valence-corrected chi connectivity index (χ1v) is 7.74. The minimum absolute atomic E-state index is 0. The monoisotopic (exact) mass is 340 g/mol. The number of nitrogens with one attached hydrogen (secondary N) is 4. The molecule has 0 spiro atoms. The van der Waals surface area contributed by atoms with E-state index in [1.807, 2.05) is 13.8 Å². The molecule has 4 N–H and O–H groups in total. The topological polar surface area (TPSA) is 82.3 Å². The molecule has 23 heavy (non-hydrogen) atoms. The molecule has 1 aromatic rings. The van der Waals surface area contributed by atoms with E-state index in [4.69, 9.17) is 0 Å². The summed E-state index contributed by atoms with van der Waals surface area (Å²) in [7, 11) is 0. The molecule has 2 rings (SSSR count). The second-order valence-corrected chi connectivity index (χ2v) is 5.83. The van der Waals surface area contributed by atoms with Crippen LogP contribution in [0.1, 0.15) is 37.0 Å². The molecule has 1 aliphatic heterocycles. The second kappa shape index (κ2) is 9.37. The number of anilines is 1. The highest BCUT2D eigenvalue weighted by Gasteiger charge is 2.16. The molecular weight excluding hydrogens is 316 g/mol. The summed E-state index contributed by atoms with van der Waals surface area (Å²) in [6.07, 6.45) is 1.89. The molecule has 0 bridgehead atoms. The lowest BCUT2D eigenvalue weighted by molar-refractivity contribution is 0.0929. The van der Waals surface area contributed by atoms with Gasteiger partial charge in [0.2, 0.25) is 0 Å². The average molecular weight is 341 g/mol. The van der Waals surface area contributed by atoms with Crippen molar-refractivity contribution in [1.29, 1.82) is 0 Å². The van der Waals surface area contributed by atoms with Gasteiger partial charge in [0.05, 0.1) is 0 Å². The number of carbonyl (C=O) groups is 2. The van der Waals surface area contributed by atoms with E-state index < -0.39 is 0 Å². The number of amides is 3. The Kier molecular flexibility index (Phi) is 7.85. The summed E-state index contributed by atoms with van der Waals surface area (Å²) in [6.45, 7) is 5.65. The SMILES string of the molecule is CC(C)NC(=O)Nc1cccc(C(=O)NC2CCNCC2)c1.Cl. The molecule has 0 aromatic heterocycles. The van der Waals surface area contributed by atoms with E-state index in [9.17, 15) is 9.59 Å². The van der Waals surface area contributed by atoms with Crippen molar-refractivity contribution in [2.24, 2.45) is 0 Å². The molecule has 1 saturated heterocycles. The van der Waals surface area contributed by atoms with E-state index in [1.54, 1.807) is 24.3 Å². The van der Waals surface area contributed by atoms with E-state index in [-0.39, 0.29) is 36.4 Å². The zero-order valence-electron chi connectivity index (χ0n) is 13.5. The van der Waals surface area contributed by atoms with Gasteiger partial charge in [-0.1, -0.05) is 6.07 Å². The summed E-state index contributed by atoms with van der Waals surface area (Å²) in [6, 6.07) is 6.98. The molecule has 0 radical (unpaired) electrons. The van der Waals surface area contributed by atoms with Crippen molar-refractivity contribution in [3.63, 3.8) is 0 Å². The fraction of sp³-hybridized carbons (Fsp3) is 0.500. The van der Waals surface area contributed by atoms with Gasteiger partial charge in [0, 0.05) is 23.3 Å². The third kappa shape index (κ3) is 6.46. The molecule has 0 aliphatic carbocycles. The van der Waals surface area contributed by atoms with E-state index in [0.717, 1.165) is 25.9 Å². The maximum atomic E-state index is 12.3. The fourth-order valence-electron chi connectivity index (χ4n) is 2.40. The third-order valence-electron chi connectivity index (χ3n) is 3.48. The summed E-state index contributed by atoms with van der Waals surface area (Å²) in [5.41, 5.74) is 1.16. The van der Waals surface area contributed by atoms with Crippen LogP contribution in [0, 0.1) is 0 Å². The largest absolute Gasteiger partial charge is 0.349 e. The number of benzene rings is 1. The van der Waals surface area contributed by atoms with Crippen LogP contribution in [0.2, 0.25) is 0 Å². The summed E-state index contributed by atoms with van der Waals surface area (Å²) >= 11 is 0. The van der Waals surface area contributed by atoms with Gasteiger partial charge >= 0.3 is 6.03 Å². The Bertz CT molecular complexity index is 531. The standard InChI is InChI=1S/C16H24N4O2.ClH/c1-11(2)18-16(22)20-14-5-3-4-12(10-14)15(21)19-13-6-8-17-9-7-13;/h3-5,10-11,13,17H,6-9H2,1-2H3,(H,19,21)(H2,18,20,22);1H. The van der Waals surface area contributed by atoms with Gasteiger partial charge in [-0.05, 0) is 58.0 Å². The van der Waals surface area contributed by atoms with Crippen molar-refractivity contribution >= 4 is 30.0 Å². The Morgan fingerprint density at radius 1 is 1.22 bits per heavy atom. The maximum absolute atomic E-state index is 12.3. The van der Waals surface area contributed by atoms with Crippen LogP contribution in [0.25, 0.3) is 0 Å². The normalized spacial score (nSPS) is 14.7. The Labute approximate surface area is 143 Å². The Morgan fingerprint density at radius 3 is 2.57 bits per heavy atom. The van der Waals surface area contributed by atoms with E-state index in [1.165, 1.54) is 0 Å². The molecule has 0 unspecified atom stereocenters. The molecule has 1 fully saturated rings. The summed E-state index contributed by atoms with van der Waals surface area (Å²) in [4.78, 5) is 24.0. The minimum atomic E-state index is -0.272. The molecule has 128 valence electrons. The number of halogens is 1. The first kappa shape index (κ1) is 19.3. The zero-order valence-corrected chi connectivity index (χ0v) is 14.3. The predicted molar refractivity (Wildman–Crippen MR) is 94.3 cm³/mol. The highest BCUT2D eigenvalue weighted by atomic mass is 35.5. The van der Waals surface area contributed by atoms with Crippen molar-refractivity contribution in [3.8, 4) is 0 Å².